The minimum Gasteiger partial charge on any atom is -0.506 e. The standard InChI is InChI=1S/C12H12N2O3S/c1-9-4-5-12(15)11(7-9)14-18(16,17)10-3-2-6-13-8-10/h2-8,14-15H,1H3. The van der Waals surface area contributed by atoms with Gasteiger partial charge in [-0.05, 0) is 36.8 Å². The lowest BCUT2D eigenvalue weighted by Gasteiger charge is -2.09. The van der Waals surface area contributed by atoms with Gasteiger partial charge in [0.25, 0.3) is 10.0 Å². The number of aromatic hydroxyl groups is 1. The van der Waals surface area contributed by atoms with Crippen LogP contribution < -0.4 is 4.72 Å². The van der Waals surface area contributed by atoms with E-state index in [0.717, 1.165) is 5.56 Å². The van der Waals surface area contributed by atoms with Gasteiger partial charge in [0.2, 0.25) is 0 Å². The minimum atomic E-state index is -3.73. The van der Waals surface area contributed by atoms with E-state index >= 15 is 0 Å². The number of anilines is 1. The molecule has 6 heteroatoms. The third-order valence-corrected chi connectivity index (χ3v) is 3.69. The van der Waals surface area contributed by atoms with Gasteiger partial charge >= 0.3 is 0 Å². The predicted octanol–water partition coefficient (Wildman–Crippen LogP) is 1.90. The molecule has 0 unspecified atom stereocenters. The van der Waals surface area contributed by atoms with E-state index in [1.54, 1.807) is 19.1 Å². The lowest BCUT2D eigenvalue weighted by molar-refractivity contribution is 0.477. The summed E-state index contributed by atoms with van der Waals surface area (Å²) >= 11 is 0. The second-order valence-corrected chi connectivity index (χ2v) is 5.50. The van der Waals surface area contributed by atoms with Crippen LogP contribution in [0.15, 0.2) is 47.6 Å². The van der Waals surface area contributed by atoms with Gasteiger partial charge in [0, 0.05) is 12.4 Å². The zero-order valence-corrected chi connectivity index (χ0v) is 10.5. The Morgan fingerprint density at radius 2 is 2.06 bits per heavy atom. The summed E-state index contributed by atoms with van der Waals surface area (Å²) in [5.41, 5.74) is 0.996. The molecule has 0 saturated heterocycles. The normalized spacial score (nSPS) is 11.2. The third kappa shape index (κ3) is 2.60. The molecule has 0 atom stereocenters. The van der Waals surface area contributed by atoms with E-state index in [9.17, 15) is 13.5 Å². The van der Waals surface area contributed by atoms with Crippen LogP contribution in [0.2, 0.25) is 0 Å². The summed E-state index contributed by atoms with van der Waals surface area (Å²) in [6.45, 7) is 1.81. The first kappa shape index (κ1) is 12.4. The molecule has 1 aromatic carbocycles. The molecule has 0 aliphatic rings. The zero-order valence-electron chi connectivity index (χ0n) is 9.66. The first-order chi connectivity index (χ1) is 8.49. The Bertz CT molecular complexity index is 654. The maximum Gasteiger partial charge on any atom is 0.263 e. The van der Waals surface area contributed by atoms with E-state index in [1.165, 1.54) is 30.6 Å². The van der Waals surface area contributed by atoms with Gasteiger partial charge < -0.3 is 5.11 Å². The Morgan fingerprint density at radius 1 is 1.28 bits per heavy atom. The number of phenols is 1. The number of hydrogen-bond acceptors (Lipinski definition) is 4. The number of nitrogens with one attached hydrogen (secondary N) is 1. The molecule has 1 aromatic heterocycles. The number of aromatic nitrogens is 1. The molecule has 5 nitrogen and oxygen atoms in total. The largest absolute Gasteiger partial charge is 0.506 e. The molecule has 0 amide bonds. The van der Waals surface area contributed by atoms with E-state index in [2.05, 4.69) is 9.71 Å². The Morgan fingerprint density at radius 3 is 2.72 bits per heavy atom. The van der Waals surface area contributed by atoms with Crippen molar-refractivity contribution in [3.63, 3.8) is 0 Å². The first-order valence-electron chi connectivity index (χ1n) is 5.21. The van der Waals surface area contributed by atoms with Crippen LogP contribution in [0, 0.1) is 6.92 Å². The van der Waals surface area contributed by atoms with Crippen molar-refractivity contribution in [3.05, 3.63) is 48.3 Å². The third-order valence-electron chi connectivity index (χ3n) is 2.34. The van der Waals surface area contributed by atoms with Crippen molar-refractivity contribution in [2.24, 2.45) is 0 Å². The monoisotopic (exact) mass is 264 g/mol. The fraction of sp³-hybridized carbons (Fsp3) is 0.0833. The lowest BCUT2D eigenvalue weighted by Crippen LogP contribution is -2.13. The van der Waals surface area contributed by atoms with Crippen LogP contribution in [-0.2, 0) is 10.0 Å². The van der Waals surface area contributed by atoms with Gasteiger partial charge in [0.15, 0.2) is 0 Å². The maximum absolute atomic E-state index is 12.0. The molecule has 0 bridgehead atoms. The zero-order chi connectivity index (χ0) is 13.2. The lowest BCUT2D eigenvalue weighted by atomic mass is 10.2. The highest BCUT2D eigenvalue weighted by molar-refractivity contribution is 7.92. The second-order valence-electron chi connectivity index (χ2n) is 3.81. The SMILES string of the molecule is Cc1ccc(O)c(NS(=O)(=O)c2cccnc2)c1. The molecular weight excluding hydrogens is 252 g/mol. The summed E-state index contributed by atoms with van der Waals surface area (Å²) < 4.78 is 26.3. The van der Waals surface area contributed by atoms with Gasteiger partial charge in [-0.25, -0.2) is 8.42 Å². The fourth-order valence-electron chi connectivity index (χ4n) is 1.44. The molecule has 18 heavy (non-hydrogen) atoms. The van der Waals surface area contributed by atoms with Crippen molar-refractivity contribution in [1.82, 2.24) is 4.98 Å². The average Bonchev–Trinajstić information content (AvgIpc) is 2.35. The highest BCUT2D eigenvalue weighted by Gasteiger charge is 2.15. The van der Waals surface area contributed by atoms with E-state index in [1.807, 2.05) is 0 Å². The van der Waals surface area contributed by atoms with Crippen LogP contribution in [0.3, 0.4) is 0 Å². The number of rotatable bonds is 3. The van der Waals surface area contributed by atoms with Crippen LogP contribution in [0.25, 0.3) is 0 Å². The molecule has 94 valence electrons. The number of sulfonamides is 1. The van der Waals surface area contributed by atoms with Gasteiger partial charge in [-0.1, -0.05) is 6.07 Å². The molecule has 0 saturated carbocycles. The molecule has 0 spiro atoms. The number of aryl methyl sites for hydroxylation is 1. The van der Waals surface area contributed by atoms with E-state index in [4.69, 9.17) is 0 Å². The van der Waals surface area contributed by atoms with Gasteiger partial charge in [-0.15, -0.1) is 0 Å². The van der Waals surface area contributed by atoms with E-state index in [-0.39, 0.29) is 16.3 Å². The Hall–Kier alpha value is -2.08. The van der Waals surface area contributed by atoms with Gasteiger partial charge in [-0.3, -0.25) is 9.71 Å². The van der Waals surface area contributed by atoms with E-state index < -0.39 is 10.0 Å². The van der Waals surface area contributed by atoms with Crippen molar-refractivity contribution < 1.29 is 13.5 Å². The quantitative estimate of drug-likeness (QED) is 0.830. The molecule has 2 N–H and O–H groups in total. The van der Waals surface area contributed by atoms with Gasteiger partial charge in [0.1, 0.15) is 10.6 Å². The van der Waals surface area contributed by atoms with Crippen LogP contribution >= 0.6 is 0 Å². The summed E-state index contributed by atoms with van der Waals surface area (Å²) in [4.78, 5) is 3.80. The Balaban J connectivity index is 2.37. The molecule has 1 heterocycles. The number of phenolic OH excluding ortho intramolecular Hbond substituents is 1. The summed E-state index contributed by atoms with van der Waals surface area (Å²) in [6.07, 6.45) is 2.73. The highest BCUT2D eigenvalue weighted by atomic mass is 32.2. The molecule has 0 aliphatic carbocycles. The van der Waals surface area contributed by atoms with Crippen LogP contribution in [-0.4, -0.2) is 18.5 Å². The van der Waals surface area contributed by atoms with Gasteiger partial charge in [0.05, 0.1) is 5.69 Å². The van der Waals surface area contributed by atoms with Crippen molar-refractivity contribution >= 4 is 15.7 Å². The average molecular weight is 264 g/mol. The molecule has 2 aromatic rings. The number of hydrogen-bond donors (Lipinski definition) is 2. The smallest absolute Gasteiger partial charge is 0.263 e. The van der Waals surface area contributed by atoms with Crippen LogP contribution in [0.4, 0.5) is 5.69 Å². The topological polar surface area (TPSA) is 79.3 Å². The van der Waals surface area contributed by atoms with E-state index in [0.29, 0.717) is 0 Å². The Labute approximate surface area is 105 Å². The summed E-state index contributed by atoms with van der Waals surface area (Å²) in [7, 11) is -3.73. The number of benzene rings is 1. The summed E-state index contributed by atoms with van der Waals surface area (Å²) in [5.74, 6) is -0.118. The van der Waals surface area contributed by atoms with Crippen molar-refractivity contribution in [2.75, 3.05) is 4.72 Å². The highest BCUT2D eigenvalue weighted by Crippen LogP contribution is 2.26. The van der Waals surface area contributed by atoms with Gasteiger partial charge in [-0.2, -0.15) is 0 Å². The van der Waals surface area contributed by atoms with Crippen molar-refractivity contribution in [3.8, 4) is 5.75 Å². The minimum absolute atomic E-state index is 0.0471. The fourth-order valence-corrected chi connectivity index (χ4v) is 2.47. The maximum atomic E-state index is 12.0. The molecule has 0 aliphatic heterocycles. The van der Waals surface area contributed by atoms with Crippen molar-refractivity contribution in [1.29, 1.82) is 0 Å². The van der Waals surface area contributed by atoms with Crippen molar-refractivity contribution in [2.45, 2.75) is 11.8 Å². The summed E-state index contributed by atoms with van der Waals surface area (Å²) in [6, 6.07) is 7.66. The number of nitrogens with zero attached hydrogens (tertiary/aromatic N) is 1. The Kier molecular flexibility index (Phi) is 3.20. The van der Waals surface area contributed by atoms with Crippen LogP contribution in [0.1, 0.15) is 5.56 Å². The second kappa shape index (κ2) is 4.66. The molecule has 0 fully saturated rings. The molecule has 0 radical (unpaired) electrons. The van der Waals surface area contributed by atoms with Crippen LogP contribution in [0.5, 0.6) is 5.75 Å². The number of pyridine rings is 1. The molecular formula is C12H12N2O3S. The first-order valence-corrected chi connectivity index (χ1v) is 6.70. The summed E-state index contributed by atoms with van der Waals surface area (Å²) in [5, 5.41) is 9.60. The predicted molar refractivity (Wildman–Crippen MR) is 67.9 cm³/mol. The molecule has 2 rings (SSSR count).